The highest BCUT2D eigenvalue weighted by Gasteiger charge is 2.16. The van der Waals surface area contributed by atoms with Gasteiger partial charge < -0.3 is 14.8 Å². The fourth-order valence-electron chi connectivity index (χ4n) is 2.70. The monoisotopic (exact) mass is 455 g/mol. The largest absolute Gasteiger partial charge is 0.490 e. The number of halogens is 4. The molecule has 0 aliphatic carbocycles. The van der Waals surface area contributed by atoms with Crippen molar-refractivity contribution in [2.24, 2.45) is 0 Å². The summed E-state index contributed by atoms with van der Waals surface area (Å²) in [5, 5.41) is 7.75. The molecule has 2 aromatic carbocycles. The molecule has 1 N–H and O–H groups in total. The predicted molar refractivity (Wildman–Crippen MR) is 110 cm³/mol. The smallest absolute Gasteiger partial charge is 0.387 e. The van der Waals surface area contributed by atoms with Gasteiger partial charge in [0.1, 0.15) is 5.82 Å². The molecule has 0 bridgehead atoms. The van der Waals surface area contributed by atoms with E-state index < -0.39 is 12.5 Å². The Morgan fingerprint density at radius 2 is 2.00 bits per heavy atom. The zero-order chi connectivity index (χ0) is 21.7. The number of aromatic nitrogens is 2. The zero-order valence-corrected chi connectivity index (χ0v) is 17.3. The maximum absolute atomic E-state index is 12.7. The number of anilines is 1. The Hall–Kier alpha value is -2.84. The number of carbonyl (C=O) groups is 1. The maximum Gasteiger partial charge on any atom is 0.387 e. The standard InChI is InChI=1S/C20H17Cl2F2N3O3/c1-2-29-16-10-12(6-7-15(16)30-20(23)24)19(28)26-17-8-9-25-27(17)11-13-4-3-5-14(21)18(13)22/h3-10,20H,2,11H2,1H3,(H,26,28). The molecule has 6 nitrogen and oxygen atoms in total. The number of amides is 1. The van der Waals surface area contributed by atoms with Gasteiger partial charge in [-0.3, -0.25) is 4.79 Å². The molecule has 3 rings (SSSR count). The van der Waals surface area contributed by atoms with Crippen molar-refractivity contribution in [3.05, 3.63) is 69.8 Å². The van der Waals surface area contributed by atoms with Crippen LogP contribution in [0.2, 0.25) is 10.0 Å². The maximum atomic E-state index is 12.7. The summed E-state index contributed by atoms with van der Waals surface area (Å²) in [7, 11) is 0. The molecule has 0 atom stereocenters. The fraction of sp³-hybridized carbons (Fsp3) is 0.200. The molecule has 1 heterocycles. The summed E-state index contributed by atoms with van der Waals surface area (Å²) in [5.74, 6) is -0.158. The van der Waals surface area contributed by atoms with E-state index in [2.05, 4.69) is 15.2 Å². The van der Waals surface area contributed by atoms with E-state index in [1.165, 1.54) is 24.4 Å². The average molecular weight is 456 g/mol. The van der Waals surface area contributed by atoms with Crippen molar-refractivity contribution in [3.8, 4) is 11.5 Å². The van der Waals surface area contributed by atoms with Gasteiger partial charge in [0.2, 0.25) is 0 Å². The van der Waals surface area contributed by atoms with Crippen molar-refractivity contribution >= 4 is 34.9 Å². The van der Waals surface area contributed by atoms with Crippen LogP contribution in [0.15, 0.2) is 48.7 Å². The molecule has 1 aromatic heterocycles. The van der Waals surface area contributed by atoms with Crippen LogP contribution in [0.1, 0.15) is 22.8 Å². The molecule has 0 radical (unpaired) electrons. The minimum absolute atomic E-state index is 0.0460. The number of rotatable bonds is 8. The lowest BCUT2D eigenvalue weighted by Crippen LogP contribution is -2.16. The Labute approximate surface area is 181 Å². The highest BCUT2D eigenvalue weighted by atomic mass is 35.5. The molecule has 0 unspecified atom stereocenters. The van der Waals surface area contributed by atoms with Crippen LogP contribution in [-0.2, 0) is 6.54 Å². The Morgan fingerprint density at radius 3 is 2.73 bits per heavy atom. The summed E-state index contributed by atoms with van der Waals surface area (Å²) in [6.07, 6.45) is 1.53. The van der Waals surface area contributed by atoms with E-state index in [0.29, 0.717) is 15.9 Å². The van der Waals surface area contributed by atoms with Crippen LogP contribution in [0.5, 0.6) is 11.5 Å². The van der Waals surface area contributed by atoms with Crippen molar-refractivity contribution in [1.29, 1.82) is 0 Å². The number of nitrogens with zero attached hydrogens (tertiary/aromatic N) is 2. The van der Waals surface area contributed by atoms with Crippen molar-refractivity contribution in [1.82, 2.24) is 9.78 Å². The molecular weight excluding hydrogens is 439 g/mol. The van der Waals surface area contributed by atoms with Gasteiger partial charge in [-0.2, -0.15) is 13.9 Å². The van der Waals surface area contributed by atoms with Gasteiger partial charge in [-0.25, -0.2) is 4.68 Å². The first-order chi connectivity index (χ1) is 14.4. The van der Waals surface area contributed by atoms with Gasteiger partial charge in [0.05, 0.1) is 29.4 Å². The van der Waals surface area contributed by atoms with Crippen molar-refractivity contribution in [2.45, 2.75) is 20.1 Å². The summed E-state index contributed by atoms with van der Waals surface area (Å²) < 4.78 is 36.4. The minimum Gasteiger partial charge on any atom is -0.490 e. The second-order valence-corrected chi connectivity index (χ2v) is 6.80. The molecule has 0 aliphatic rings. The Bertz CT molecular complexity index is 1040. The van der Waals surface area contributed by atoms with Gasteiger partial charge >= 0.3 is 6.61 Å². The molecule has 158 valence electrons. The third-order valence-electron chi connectivity index (χ3n) is 4.03. The fourth-order valence-corrected chi connectivity index (χ4v) is 3.08. The van der Waals surface area contributed by atoms with Crippen LogP contribution in [0.25, 0.3) is 0 Å². The van der Waals surface area contributed by atoms with Crippen LogP contribution in [-0.4, -0.2) is 28.9 Å². The number of ether oxygens (including phenoxy) is 2. The first kappa shape index (κ1) is 21.9. The highest BCUT2D eigenvalue weighted by Crippen LogP contribution is 2.30. The number of hydrogen-bond acceptors (Lipinski definition) is 4. The second-order valence-electron chi connectivity index (χ2n) is 6.01. The summed E-state index contributed by atoms with van der Waals surface area (Å²) in [6.45, 7) is -0.805. The van der Waals surface area contributed by atoms with Crippen molar-refractivity contribution in [3.63, 3.8) is 0 Å². The van der Waals surface area contributed by atoms with E-state index in [9.17, 15) is 13.6 Å². The molecule has 0 fully saturated rings. The predicted octanol–water partition coefficient (Wildman–Crippen LogP) is 5.49. The third kappa shape index (κ3) is 5.20. The van der Waals surface area contributed by atoms with E-state index in [0.717, 1.165) is 5.56 Å². The lowest BCUT2D eigenvalue weighted by atomic mass is 10.2. The molecule has 3 aromatic rings. The number of carbonyl (C=O) groups excluding carboxylic acids is 1. The number of alkyl halides is 2. The number of nitrogens with one attached hydrogen (secondary N) is 1. The van der Waals surface area contributed by atoms with E-state index in [1.807, 2.05) is 0 Å². The molecule has 0 saturated carbocycles. The summed E-state index contributed by atoms with van der Waals surface area (Å²) >= 11 is 12.3. The molecular formula is C20H17Cl2F2N3O3. The van der Waals surface area contributed by atoms with Gasteiger partial charge in [0.15, 0.2) is 11.5 Å². The summed E-state index contributed by atoms with van der Waals surface area (Å²) in [6, 6.07) is 10.8. The van der Waals surface area contributed by atoms with Crippen LogP contribution in [0, 0.1) is 0 Å². The van der Waals surface area contributed by atoms with E-state index >= 15 is 0 Å². The minimum atomic E-state index is -3.00. The van der Waals surface area contributed by atoms with Gasteiger partial charge in [-0.15, -0.1) is 0 Å². The van der Waals surface area contributed by atoms with Crippen molar-refractivity contribution < 1.29 is 23.0 Å². The van der Waals surface area contributed by atoms with Crippen LogP contribution in [0.4, 0.5) is 14.6 Å². The van der Waals surface area contributed by atoms with Gasteiger partial charge in [0, 0.05) is 11.6 Å². The average Bonchev–Trinajstić information content (AvgIpc) is 3.13. The Kier molecular flexibility index (Phi) is 7.12. The quantitative estimate of drug-likeness (QED) is 0.487. The zero-order valence-electron chi connectivity index (χ0n) is 15.7. The molecule has 30 heavy (non-hydrogen) atoms. The Balaban J connectivity index is 1.79. The number of hydrogen-bond donors (Lipinski definition) is 1. The lowest BCUT2D eigenvalue weighted by molar-refractivity contribution is -0.0514. The molecule has 1 amide bonds. The first-order valence-electron chi connectivity index (χ1n) is 8.86. The molecule has 10 heteroatoms. The van der Waals surface area contributed by atoms with Gasteiger partial charge in [0.25, 0.3) is 5.91 Å². The topological polar surface area (TPSA) is 65.4 Å². The van der Waals surface area contributed by atoms with Gasteiger partial charge in [-0.1, -0.05) is 35.3 Å². The first-order valence-corrected chi connectivity index (χ1v) is 9.62. The normalized spacial score (nSPS) is 10.9. The molecule has 0 spiro atoms. The van der Waals surface area contributed by atoms with E-state index in [4.69, 9.17) is 27.9 Å². The number of benzene rings is 2. The molecule has 0 aliphatic heterocycles. The summed E-state index contributed by atoms with van der Waals surface area (Å²) in [4.78, 5) is 12.7. The molecule has 0 saturated heterocycles. The Morgan fingerprint density at radius 1 is 1.20 bits per heavy atom. The summed E-state index contributed by atoms with van der Waals surface area (Å²) in [5.41, 5.74) is 0.934. The SMILES string of the molecule is CCOc1cc(C(=O)Nc2ccnn2Cc2cccc(Cl)c2Cl)ccc1OC(F)F. The lowest BCUT2D eigenvalue weighted by Gasteiger charge is -2.13. The highest BCUT2D eigenvalue weighted by molar-refractivity contribution is 6.42. The van der Waals surface area contributed by atoms with E-state index in [1.54, 1.807) is 35.9 Å². The van der Waals surface area contributed by atoms with Gasteiger partial charge in [-0.05, 0) is 36.8 Å². The van der Waals surface area contributed by atoms with E-state index in [-0.39, 0.29) is 30.2 Å². The second kappa shape index (κ2) is 9.77. The van der Waals surface area contributed by atoms with Crippen molar-refractivity contribution in [2.75, 3.05) is 11.9 Å². The van der Waals surface area contributed by atoms with Crippen LogP contribution >= 0.6 is 23.2 Å². The van der Waals surface area contributed by atoms with Crippen LogP contribution < -0.4 is 14.8 Å². The van der Waals surface area contributed by atoms with Crippen LogP contribution in [0.3, 0.4) is 0 Å². The third-order valence-corrected chi connectivity index (χ3v) is 4.89.